The number of hydrazone groups is 1. The van der Waals surface area contributed by atoms with Gasteiger partial charge in [-0.05, 0) is 55.0 Å². The van der Waals surface area contributed by atoms with E-state index in [0.29, 0.717) is 23.9 Å². The Bertz CT molecular complexity index is 759. The first-order chi connectivity index (χ1) is 12.2. The Kier molecular flexibility index (Phi) is 5.36. The topological polar surface area (TPSA) is 78.4 Å². The summed E-state index contributed by atoms with van der Waals surface area (Å²) in [6.07, 6.45) is 1.52. The Morgan fingerprint density at radius 2 is 1.84 bits per heavy atom. The van der Waals surface area contributed by atoms with Crippen LogP contribution >= 0.6 is 0 Å². The molecule has 1 amide bonds. The number of ether oxygens (including phenoxy) is 4. The summed E-state index contributed by atoms with van der Waals surface area (Å²) >= 11 is 0. The molecule has 0 radical (unpaired) electrons. The number of rotatable bonds is 7. The van der Waals surface area contributed by atoms with Crippen LogP contribution in [0, 0.1) is 0 Å². The first kappa shape index (κ1) is 16.6. The SMILES string of the molecule is CCOc1ccc(OCC(=O)N/N=C/c2ccc3c(c2)OCO3)cc1. The molecule has 0 spiro atoms. The Balaban J connectivity index is 1.44. The van der Waals surface area contributed by atoms with E-state index >= 15 is 0 Å². The van der Waals surface area contributed by atoms with Gasteiger partial charge in [0, 0.05) is 0 Å². The van der Waals surface area contributed by atoms with Gasteiger partial charge in [0.25, 0.3) is 5.91 Å². The molecule has 0 aromatic heterocycles. The van der Waals surface area contributed by atoms with Crippen LogP contribution in [0.4, 0.5) is 0 Å². The first-order valence-electron chi connectivity index (χ1n) is 7.82. The van der Waals surface area contributed by atoms with E-state index in [0.717, 1.165) is 11.3 Å². The molecule has 1 aliphatic rings. The number of hydrogen-bond donors (Lipinski definition) is 1. The molecule has 0 bridgehead atoms. The molecule has 0 saturated heterocycles. The largest absolute Gasteiger partial charge is 0.494 e. The van der Waals surface area contributed by atoms with Gasteiger partial charge in [-0.1, -0.05) is 0 Å². The van der Waals surface area contributed by atoms with Crippen LogP contribution in [0.15, 0.2) is 47.6 Å². The lowest BCUT2D eigenvalue weighted by Crippen LogP contribution is -2.24. The van der Waals surface area contributed by atoms with Crippen molar-refractivity contribution >= 4 is 12.1 Å². The minimum Gasteiger partial charge on any atom is -0.494 e. The first-order valence-corrected chi connectivity index (χ1v) is 7.82. The molecule has 2 aromatic carbocycles. The highest BCUT2D eigenvalue weighted by molar-refractivity contribution is 5.83. The monoisotopic (exact) mass is 342 g/mol. The van der Waals surface area contributed by atoms with Gasteiger partial charge in [0.1, 0.15) is 11.5 Å². The molecule has 0 aliphatic carbocycles. The minimum atomic E-state index is -0.356. The third-order valence-electron chi connectivity index (χ3n) is 3.30. The number of carbonyl (C=O) groups excluding carboxylic acids is 1. The van der Waals surface area contributed by atoms with E-state index in [1.807, 2.05) is 13.0 Å². The van der Waals surface area contributed by atoms with Crippen molar-refractivity contribution < 1.29 is 23.7 Å². The number of benzene rings is 2. The lowest BCUT2D eigenvalue weighted by atomic mass is 10.2. The van der Waals surface area contributed by atoms with Crippen LogP contribution in [0.2, 0.25) is 0 Å². The zero-order valence-corrected chi connectivity index (χ0v) is 13.7. The van der Waals surface area contributed by atoms with E-state index < -0.39 is 0 Å². The summed E-state index contributed by atoms with van der Waals surface area (Å²) in [4.78, 5) is 11.7. The fourth-order valence-electron chi connectivity index (χ4n) is 2.15. The van der Waals surface area contributed by atoms with E-state index in [1.165, 1.54) is 6.21 Å². The number of fused-ring (bicyclic) bond motifs is 1. The summed E-state index contributed by atoms with van der Waals surface area (Å²) < 4.78 is 21.2. The molecular formula is C18H18N2O5. The van der Waals surface area contributed by atoms with Gasteiger partial charge in [-0.2, -0.15) is 5.10 Å². The molecule has 0 unspecified atom stereocenters. The molecule has 130 valence electrons. The van der Waals surface area contributed by atoms with Crippen molar-refractivity contribution in [3.63, 3.8) is 0 Å². The molecular weight excluding hydrogens is 324 g/mol. The van der Waals surface area contributed by atoms with Gasteiger partial charge in [0.15, 0.2) is 18.1 Å². The average Bonchev–Trinajstić information content (AvgIpc) is 3.09. The fraction of sp³-hybridized carbons (Fsp3) is 0.222. The van der Waals surface area contributed by atoms with Crippen molar-refractivity contribution in [3.05, 3.63) is 48.0 Å². The molecule has 25 heavy (non-hydrogen) atoms. The summed E-state index contributed by atoms with van der Waals surface area (Å²) in [5.74, 6) is 2.34. The zero-order chi connectivity index (χ0) is 17.5. The summed E-state index contributed by atoms with van der Waals surface area (Å²) in [5.41, 5.74) is 3.20. The van der Waals surface area contributed by atoms with Crippen LogP contribution in [0.3, 0.4) is 0 Å². The van der Waals surface area contributed by atoms with Gasteiger partial charge in [0.05, 0.1) is 12.8 Å². The van der Waals surface area contributed by atoms with Crippen LogP contribution in [0.25, 0.3) is 0 Å². The quantitative estimate of drug-likeness (QED) is 0.617. The van der Waals surface area contributed by atoms with Crippen molar-refractivity contribution in [3.8, 4) is 23.0 Å². The smallest absolute Gasteiger partial charge is 0.277 e. The zero-order valence-electron chi connectivity index (χ0n) is 13.7. The second-order valence-electron chi connectivity index (χ2n) is 5.10. The van der Waals surface area contributed by atoms with Crippen molar-refractivity contribution in [1.82, 2.24) is 5.43 Å². The number of nitrogens with zero attached hydrogens (tertiary/aromatic N) is 1. The molecule has 7 nitrogen and oxygen atoms in total. The van der Waals surface area contributed by atoms with Crippen LogP contribution < -0.4 is 24.4 Å². The normalized spacial score (nSPS) is 12.2. The lowest BCUT2D eigenvalue weighted by Gasteiger charge is -2.06. The highest BCUT2D eigenvalue weighted by Gasteiger charge is 2.12. The maximum Gasteiger partial charge on any atom is 0.277 e. The molecule has 1 aliphatic heterocycles. The molecule has 0 fully saturated rings. The van der Waals surface area contributed by atoms with Gasteiger partial charge in [0.2, 0.25) is 6.79 Å². The Morgan fingerprint density at radius 3 is 2.60 bits per heavy atom. The predicted octanol–water partition coefficient (Wildman–Crippen LogP) is 2.34. The van der Waals surface area contributed by atoms with Crippen LogP contribution in [0.1, 0.15) is 12.5 Å². The lowest BCUT2D eigenvalue weighted by molar-refractivity contribution is -0.123. The molecule has 3 rings (SSSR count). The molecule has 0 atom stereocenters. The maximum atomic E-state index is 11.7. The van der Waals surface area contributed by atoms with E-state index in [1.54, 1.807) is 36.4 Å². The highest BCUT2D eigenvalue weighted by Crippen LogP contribution is 2.31. The van der Waals surface area contributed by atoms with Gasteiger partial charge < -0.3 is 18.9 Å². The van der Waals surface area contributed by atoms with Crippen molar-refractivity contribution in [2.75, 3.05) is 20.0 Å². The fourth-order valence-corrected chi connectivity index (χ4v) is 2.15. The Labute approximate surface area is 145 Å². The number of amides is 1. The van der Waals surface area contributed by atoms with Crippen LogP contribution in [-0.2, 0) is 4.79 Å². The van der Waals surface area contributed by atoms with Crippen LogP contribution in [-0.4, -0.2) is 32.1 Å². The maximum absolute atomic E-state index is 11.7. The predicted molar refractivity (Wildman–Crippen MR) is 91.4 cm³/mol. The summed E-state index contributed by atoms with van der Waals surface area (Å²) in [5, 5.41) is 3.90. The van der Waals surface area contributed by atoms with Gasteiger partial charge in [-0.25, -0.2) is 5.43 Å². The van der Waals surface area contributed by atoms with E-state index in [9.17, 15) is 4.79 Å². The second kappa shape index (κ2) is 8.05. The Hall–Kier alpha value is -3.22. The van der Waals surface area contributed by atoms with Crippen molar-refractivity contribution in [1.29, 1.82) is 0 Å². The van der Waals surface area contributed by atoms with E-state index in [4.69, 9.17) is 18.9 Å². The van der Waals surface area contributed by atoms with Crippen LogP contribution in [0.5, 0.6) is 23.0 Å². The molecule has 0 saturated carbocycles. The Morgan fingerprint density at radius 1 is 1.12 bits per heavy atom. The molecule has 1 N–H and O–H groups in total. The number of nitrogens with one attached hydrogen (secondary N) is 1. The average molecular weight is 342 g/mol. The third kappa shape index (κ3) is 4.63. The van der Waals surface area contributed by atoms with E-state index in [2.05, 4.69) is 10.5 Å². The summed E-state index contributed by atoms with van der Waals surface area (Å²) in [7, 11) is 0. The standard InChI is InChI=1S/C18H18N2O5/c1-2-22-14-4-6-15(7-5-14)23-11-18(21)20-19-10-13-3-8-16-17(9-13)25-12-24-16/h3-10H,2,11-12H2,1H3,(H,20,21)/b19-10+. The van der Waals surface area contributed by atoms with Crippen molar-refractivity contribution in [2.45, 2.75) is 6.92 Å². The number of hydrogen-bond acceptors (Lipinski definition) is 6. The third-order valence-corrected chi connectivity index (χ3v) is 3.30. The molecule has 1 heterocycles. The number of carbonyl (C=O) groups is 1. The van der Waals surface area contributed by atoms with Gasteiger partial charge in [-0.15, -0.1) is 0 Å². The van der Waals surface area contributed by atoms with E-state index in [-0.39, 0.29) is 19.3 Å². The highest BCUT2D eigenvalue weighted by atomic mass is 16.7. The van der Waals surface area contributed by atoms with Gasteiger partial charge >= 0.3 is 0 Å². The summed E-state index contributed by atoms with van der Waals surface area (Å²) in [6, 6.07) is 12.5. The van der Waals surface area contributed by atoms with Crippen molar-refractivity contribution in [2.24, 2.45) is 5.10 Å². The molecule has 2 aromatic rings. The van der Waals surface area contributed by atoms with Gasteiger partial charge in [-0.3, -0.25) is 4.79 Å². The second-order valence-corrected chi connectivity index (χ2v) is 5.10. The summed E-state index contributed by atoms with van der Waals surface area (Å²) in [6.45, 7) is 2.60. The minimum absolute atomic E-state index is 0.132. The molecule has 7 heteroatoms.